The van der Waals surface area contributed by atoms with E-state index in [1.807, 2.05) is 53.4 Å². The second kappa shape index (κ2) is 7.44. The number of carbonyl (C=O) groups is 1. The van der Waals surface area contributed by atoms with Crippen LogP contribution < -0.4 is 11.1 Å². The van der Waals surface area contributed by atoms with E-state index in [1.54, 1.807) is 0 Å². The van der Waals surface area contributed by atoms with E-state index < -0.39 is 5.66 Å². The molecule has 3 N–H and O–H groups in total. The van der Waals surface area contributed by atoms with Crippen LogP contribution in [0.15, 0.2) is 53.5 Å². The Morgan fingerprint density at radius 3 is 2.46 bits per heavy atom. The van der Waals surface area contributed by atoms with Gasteiger partial charge in [0.15, 0.2) is 0 Å². The number of amides is 1. The molecular weight excluding hydrogens is 463 g/mol. The lowest BCUT2D eigenvalue weighted by Crippen LogP contribution is -2.52. The molecule has 1 fully saturated rings. The maximum atomic E-state index is 12.7. The van der Waals surface area contributed by atoms with Gasteiger partial charge < -0.3 is 16.0 Å². The first-order valence-corrected chi connectivity index (χ1v) is 9.42. The van der Waals surface area contributed by atoms with Crippen molar-refractivity contribution in [2.45, 2.75) is 18.5 Å². The summed E-state index contributed by atoms with van der Waals surface area (Å²) in [6, 6.07) is 15.7. The van der Waals surface area contributed by atoms with Gasteiger partial charge in [0, 0.05) is 46.3 Å². The number of nitrogens with one attached hydrogen (secondary N) is 1. The number of piperidine rings is 1. The predicted octanol–water partition coefficient (Wildman–Crippen LogP) is 3.48. The Hall–Kier alpha value is -1.80. The van der Waals surface area contributed by atoms with Gasteiger partial charge in [0.05, 0.1) is 0 Å². The van der Waals surface area contributed by atoms with Crippen LogP contribution in [-0.2, 0) is 0 Å². The molecule has 2 aromatic carbocycles. The SMILES string of the molecule is Cl.NC1=NC2(CCN(C(=O)c3ccc(I)cc3)CC2)Nc2ccccc21. The standard InChI is InChI=1S/C19H19IN4O.ClH/c20-14-7-5-13(6-8-14)18(25)24-11-9-19(10-12-24)22-16-4-2-1-3-15(16)17(21)23-19;/h1-8,22H,9-12H2,(H2,21,23);1H. The largest absolute Gasteiger partial charge is 0.383 e. The number of anilines is 1. The van der Waals surface area contributed by atoms with Gasteiger partial charge in [-0.2, -0.15) is 0 Å². The van der Waals surface area contributed by atoms with E-state index in [0.717, 1.165) is 33.2 Å². The summed E-state index contributed by atoms with van der Waals surface area (Å²) in [7, 11) is 0. The van der Waals surface area contributed by atoms with Crippen molar-refractivity contribution in [3.8, 4) is 0 Å². The molecule has 0 bridgehead atoms. The van der Waals surface area contributed by atoms with Crippen LogP contribution in [0.1, 0.15) is 28.8 Å². The number of nitrogens with two attached hydrogens (primary N) is 1. The van der Waals surface area contributed by atoms with Gasteiger partial charge in [-0.15, -0.1) is 12.4 Å². The molecule has 0 radical (unpaired) electrons. The van der Waals surface area contributed by atoms with Crippen molar-refractivity contribution in [3.63, 3.8) is 0 Å². The van der Waals surface area contributed by atoms with E-state index in [-0.39, 0.29) is 18.3 Å². The molecule has 0 aliphatic carbocycles. The Morgan fingerprint density at radius 1 is 1.12 bits per heavy atom. The van der Waals surface area contributed by atoms with Gasteiger partial charge in [-0.05, 0) is 59.0 Å². The number of benzene rings is 2. The number of nitrogens with zero attached hydrogens (tertiary/aromatic N) is 2. The molecule has 0 saturated carbocycles. The fourth-order valence-corrected chi connectivity index (χ4v) is 3.84. The van der Waals surface area contributed by atoms with E-state index >= 15 is 0 Å². The zero-order valence-electron chi connectivity index (χ0n) is 14.1. The first kappa shape index (κ1) is 19.0. The molecule has 0 unspecified atom stereocenters. The monoisotopic (exact) mass is 482 g/mol. The van der Waals surface area contributed by atoms with Crippen LogP contribution >= 0.6 is 35.0 Å². The summed E-state index contributed by atoms with van der Waals surface area (Å²) in [6.45, 7) is 1.33. The van der Waals surface area contributed by atoms with Crippen LogP contribution in [0.25, 0.3) is 0 Å². The van der Waals surface area contributed by atoms with Crippen LogP contribution in [0, 0.1) is 3.57 Å². The number of amidine groups is 1. The van der Waals surface area contributed by atoms with Crippen molar-refractivity contribution in [1.29, 1.82) is 0 Å². The third kappa shape index (κ3) is 3.53. The highest BCUT2D eigenvalue weighted by Gasteiger charge is 2.38. The molecule has 0 aromatic heterocycles. The van der Waals surface area contributed by atoms with Crippen molar-refractivity contribution in [2.75, 3.05) is 18.4 Å². The topological polar surface area (TPSA) is 70.7 Å². The van der Waals surface area contributed by atoms with Crippen molar-refractivity contribution in [1.82, 2.24) is 4.90 Å². The average molecular weight is 483 g/mol. The zero-order valence-corrected chi connectivity index (χ0v) is 17.1. The first-order valence-electron chi connectivity index (χ1n) is 8.34. The predicted molar refractivity (Wildman–Crippen MR) is 115 cm³/mol. The van der Waals surface area contributed by atoms with E-state index in [4.69, 9.17) is 10.7 Å². The lowest BCUT2D eigenvalue weighted by atomic mass is 9.93. The van der Waals surface area contributed by atoms with Crippen molar-refractivity contribution in [3.05, 3.63) is 63.2 Å². The molecule has 1 spiro atoms. The Bertz CT molecular complexity index is 845. The average Bonchev–Trinajstić information content (AvgIpc) is 2.62. The Labute approximate surface area is 172 Å². The van der Waals surface area contributed by atoms with Gasteiger partial charge in [-0.25, -0.2) is 4.99 Å². The van der Waals surface area contributed by atoms with Crippen LogP contribution in [0.3, 0.4) is 0 Å². The number of rotatable bonds is 1. The third-order valence-electron chi connectivity index (χ3n) is 4.87. The van der Waals surface area contributed by atoms with Gasteiger partial charge in [0.25, 0.3) is 5.91 Å². The summed E-state index contributed by atoms with van der Waals surface area (Å²) >= 11 is 2.24. The maximum absolute atomic E-state index is 12.7. The summed E-state index contributed by atoms with van der Waals surface area (Å²) in [4.78, 5) is 19.3. The second-order valence-electron chi connectivity index (χ2n) is 6.50. The molecule has 0 atom stereocenters. The molecule has 7 heteroatoms. The Morgan fingerprint density at radius 2 is 1.77 bits per heavy atom. The summed E-state index contributed by atoms with van der Waals surface area (Å²) in [5.41, 5.74) is 8.49. The fourth-order valence-electron chi connectivity index (χ4n) is 3.48. The van der Waals surface area contributed by atoms with Crippen molar-refractivity contribution in [2.24, 2.45) is 10.7 Å². The molecule has 2 aliphatic heterocycles. The van der Waals surface area contributed by atoms with Crippen LogP contribution in [0.2, 0.25) is 0 Å². The normalized spacial score (nSPS) is 17.6. The highest BCUT2D eigenvalue weighted by molar-refractivity contribution is 14.1. The summed E-state index contributed by atoms with van der Waals surface area (Å²) in [5, 5.41) is 3.54. The highest BCUT2D eigenvalue weighted by atomic mass is 127. The molecule has 2 aromatic rings. The minimum absolute atomic E-state index is 0. The van der Waals surface area contributed by atoms with Crippen molar-refractivity contribution < 1.29 is 4.79 Å². The number of likely N-dealkylation sites (tertiary alicyclic amines) is 1. The van der Waals surface area contributed by atoms with Crippen LogP contribution in [0.4, 0.5) is 5.69 Å². The number of halogens is 2. The molecule has 136 valence electrons. The van der Waals surface area contributed by atoms with Gasteiger partial charge in [-0.1, -0.05) is 12.1 Å². The molecule has 1 amide bonds. The molecule has 1 saturated heterocycles. The molecule has 2 heterocycles. The van der Waals surface area contributed by atoms with Crippen LogP contribution in [0.5, 0.6) is 0 Å². The number of carbonyl (C=O) groups excluding carboxylic acids is 1. The molecule has 2 aliphatic rings. The summed E-state index contributed by atoms with van der Waals surface area (Å²) < 4.78 is 1.13. The molecule has 5 nitrogen and oxygen atoms in total. The molecule has 26 heavy (non-hydrogen) atoms. The van der Waals surface area contributed by atoms with E-state index in [1.165, 1.54) is 0 Å². The first-order chi connectivity index (χ1) is 12.1. The van der Waals surface area contributed by atoms with E-state index in [2.05, 4.69) is 27.9 Å². The Kier molecular flexibility index (Phi) is 5.43. The van der Waals surface area contributed by atoms with Gasteiger partial charge in [-0.3, -0.25) is 4.79 Å². The number of aliphatic imine (C=N–C) groups is 1. The van der Waals surface area contributed by atoms with E-state index in [0.29, 0.717) is 18.9 Å². The third-order valence-corrected chi connectivity index (χ3v) is 5.59. The Balaban J connectivity index is 0.00000196. The minimum Gasteiger partial charge on any atom is -0.383 e. The highest BCUT2D eigenvalue weighted by Crippen LogP contribution is 2.34. The van der Waals surface area contributed by atoms with Crippen molar-refractivity contribution >= 4 is 52.4 Å². The molecular formula is C19H20ClIN4O. The number of fused-ring (bicyclic) bond motifs is 1. The summed E-state index contributed by atoms with van der Waals surface area (Å²) in [5.74, 6) is 0.658. The van der Waals surface area contributed by atoms with Gasteiger partial charge in [0.1, 0.15) is 11.5 Å². The van der Waals surface area contributed by atoms with Gasteiger partial charge >= 0.3 is 0 Å². The quantitative estimate of drug-likeness (QED) is 0.612. The summed E-state index contributed by atoms with van der Waals surface area (Å²) in [6.07, 6.45) is 1.50. The molecule has 4 rings (SSSR count). The smallest absolute Gasteiger partial charge is 0.253 e. The number of hydrogen-bond acceptors (Lipinski definition) is 4. The maximum Gasteiger partial charge on any atom is 0.253 e. The lowest BCUT2D eigenvalue weighted by molar-refractivity contribution is 0.0685. The number of hydrogen-bond donors (Lipinski definition) is 2. The lowest BCUT2D eigenvalue weighted by Gasteiger charge is -2.42. The van der Waals surface area contributed by atoms with E-state index in [9.17, 15) is 4.79 Å². The number of para-hydroxylation sites is 1. The fraction of sp³-hybridized carbons (Fsp3) is 0.263. The zero-order chi connectivity index (χ0) is 17.4. The minimum atomic E-state index is -0.402. The van der Waals surface area contributed by atoms with Gasteiger partial charge in [0.2, 0.25) is 0 Å². The van der Waals surface area contributed by atoms with Crippen LogP contribution in [-0.4, -0.2) is 35.4 Å². The second-order valence-corrected chi connectivity index (χ2v) is 7.74.